The molecule has 5 aromatic rings. The van der Waals surface area contributed by atoms with Crippen molar-refractivity contribution in [3.8, 4) is 22.3 Å². The first kappa shape index (κ1) is 25.3. The Bertz CT molecular complexity index is 1780. The van der Waals surface area contributed by atoms with Crippen LogP contribution in [0.15, 0.2) is 118 Å². The molecule has 0 spiro atoms. The van der Waals surface area contributed by atoms with E-state index in [1.807, 2.05) is 12.3 Å². The molecule has 3 nitrogen and oxygen atoms in total. The zero-order valence-electron chi connectivity index (χ0n) is 23.1. The molecular weight excluding hydrogens is 509 g/mol. The molecule has 0 amide bonds. The second-order valence-corrected chi connectivity index (χ2v) is 12.5. The fraction of sp³-hybridized carbons (Fsp3) is 0.171. The third kappa shape index (κ3) is 4.21. The first-order valence-corrected chi connectivity index (χ1v) is 14.5. The van der Waals surface area contributed by atoms with Gasteiger partial charge in [0.25, 0.3) is 0 Å². The molecule has 0 atom stereocenters. The SMILES string of the molecule is CC1(C)OB(c2ccc(-c3ccc(-c4cccc5c4C=Nc4ccccc4S5)cc3)c3ccccc23)OC1(C)C. The summed E-state index contributed by atoms with van der Waals surface area (Å²) in [7, 11) is -0.398. The highest BCUT2D eigenvalue weighted by Crippen LogP contribution is 2.42. The molecular formula is C35H30BNO2S. The smallest absolute Gasteiger partial charge is 0.399 e. The van der Waals surface area contributed by atoms with Gasteiger partial charge in [0.05, 0.1) is 16.9 Å². The fourth-order valence-electron chi connectivity index (χ4n) is 5.50. The van der Waals surface area contributed by atoms with E-state index >= 15 is 0 Å². The van der Waals surface area contributed by atoms with Crippen LogP contribution in [0.2, 0.25) is 0 Å². The summed E-state index contributed by atoms with van der Waals surface area (Å²) in [6.45, 7) is 8.39. The highest BCUT2D eigenvalue weighted by molar-refractivity contribution is 7.99. The van der Waals surface area contributed by atoms with Gasteiger partial charge in [0.1, 0.15) is 0 Å². The zero-order chi connectivity index (χ0) is 27.5. The number of fused-ring (bicyclic) bond motifs is 3. The summed E-state index contributed by atoms with van der Waals surface area (Å²) in [5.41, 5.74) is 7.23. The molecule has 196 valence electrons. The number of hydrogen-bond donors (Lipinski definition) is 0. The van der Waals surface area contributed by atoms with Crippen LogP contribution in [0.3, 0.4) is 0 Å². The Kier molecular flexibility index (Phi) is 6.01. The first-order valence-electron chi connectivity index (χ1n) is 13.7. The van der Waals surface area contributed by atoms with E-state index in [0.29, 0.717) is 0 Å². The van der Waals surface area contributed by atoms with Crippen molar-refractivity contribution in [2.24, 2.45) is 4.99 Å². The van der Waals surface area contributed by atoms with Crippen molar-refractivity contribution in [1.82, 2.24) is 0 Å². The lowest BCUT2D eigenvalue weighted by Crippen LogP contribution is -2.41. The van der Waals surface area contributed by atoms with Crippen LogP contribution < -0.4 is 5.46 Å². The maximum Gasteiger partial charge on any atom is 0.495 e. The van der Waals surface area contributed by atoms with E-state index in [2.05, 4.69) is 125 Å². The van der Waals surface area contributed by atoms with Gasteiger partial charge in [-0.3, -0.25) is 4.99 Å². The second kappa shape index (κ2) is 9.48. The summed E-state index contributed by atoms with van der Waals surface area (Å²) in [6.07, 6.45) is 2.01. The Morgan fingerprint density at radius 3 is 1.98 bits per heavy atom. The van der Waals surface area contributed by atoms with E-state index in [4.69, 9.17) is 14.3 Å². The van der Waals surface area contributed by atoms with E-state index in [0.717, 1.165) is 22.1 Å². The predicted octanol–water partition coefficient (Wildman–Crippen LogP) is 8.69. The Morgan fingerprint density at radius 1 is 0.600 bits per heavy atom. The van der Waals surface area contributed by atoms with Crippen molar-refractivity contribution < 1.29 is 9.31 Å². The molecule has 0 aliphatic carbocycles. The predicted molar refractivity (Wildman–Crippen MR) is 168 cm³/mol. The van der Waals surface area contributed by atoms with Gasteiger partial charge in [0.15, 0.2) is 0 Å². The number of rotatable bonds is 3. The van der Waals surface area contributed by atoms with Crippen LogP contribution in [0.1, 0.15) is 33.3 Å². The molecule has 1 saturated heterocycles. The number of aliphatic imine (C=N–C) groups is 1. The van der Waals surface area contributed by atoms with Gasteiger partial charge in [-0.15, -0.1) is 0 Å². The number of para-hydroxylation sites is 1. The minimum atomic E-state index is -0.398. The van der Waals surface area contributed by atoms with Gasteiger partial charge in [0, 0.05) is 21.6 Å². The Morgan fingerprint density at radius 2 is 1.23 bits per heavy atom. The van der Waals surface area contributed by atoms with Crippen molar-refractivity contribution in [1.29, 1.82) is 0 Å². The van der Waals surface area contributed by atoms with Crippen LogP contribution in [0, 0.1) is 0 Å². The molecule has 0 N–H and O–H groups in total. The third-order valence-electron chi connectivity index (χ3n) is 8.46. The van der Waals surface area contributed by atoms with Crippen LogP contribution in [0.25, 0.3) is 33.0 Å². The summed E-state index contributed by atoms with van der Waals surface area (Å²) in [4.78, 5) is 7.21. The average molecular weight is 540 g/mol. The molecule has 40 heavy (non-hydrogen) atoms. The molecule has 5 heteroatoms. The van der Waals surface area contributed by atoms with Crippen molar-refractivity contribution in [2.75, 3.05) is 0 Å². The van der Waals surface area contributed by atoms with Gasteiger partial charge in [0.2, 0.25) is 0 Å². The van der Waals surface area contributed by atoms with Crippen molar-refractivity contribution >= 4 is 47.0 Å². The lowest BCUT2D eigenvalue weighted by atomic mass is 9.75. The normalized spacial score (nSPS) is 16.9. The van der Waals surface area contributed by atoms with E-state index in [9.17, 15) is 0 Å². The van der Waals surface area contributed by atoms with Gasteiger partial charge in [-0.05, 0) is 84.4 Å². The van der Waals surface area contributed by atoms with Crippen molar-refractivity contribution in [2.45, 2.75) is 48.7 Å². The largest absolute Gasteiger partial charge is 0.495 e. The number of benzene rings is 5. The van der Waals surface area contributed by atoms with E-state index in [-0.39, 0.29) is 11.2 Å². The molecule has 5 aromatic carbocycles. The van der Waals surface area contributed by atoms with Crippen LogP contribution in [0.4, 0.5) is 5.69 Å². The molecule has 2 heterocycles. The van der Waals surface area contributed by atoms with Crippen LogP contribution in [-0.2, 0) is 9.31 Å². The maximum atomic E-state index is 6.41. The number of nitrogens with zero attached hydrogens (tertiary/aromatic N) is 1. The minimum absolute atomic E-state index is 0.380. The summed E-state index contributed by atoms with van der Waals surface area (Å²) in [5, 5.41) is 2.35. The van der Waals surface area contributed by atoms with Crippen LogP contribution in [-0.4, -0.2) is 24.5 Å². The molecule has 0 radical (unpaired) electrons. The molecule has 2 aliphatic rings. The monoisotopic (exact) mass is 539 g/mol. The summed E-state index contributed by atoms with van der Waals surface area (Å²) >= 11 is 1.78. The van der Waals surface area contributed by atoms with Gasteiger partial charge < -0.3 is 9.31 Å². The van der Waals surface area contributed by atoms with E-state index in [1.54, 1.807) is 11.8 Å². The highest BCUT2D eigenvalue weighted by atomic mass is 32.2. The maximum absolute atomic E-state index is 6.41. The quantitative estimate of drug-likeness (QED) is 0.211. The standard InChI is InChI=1S/C35H30BNO2S/c1-34(2)35(3,4)39-36(38-34)30-21-20-26(27-10-5-6-11-28(27)30)24-18-16-23(17-19-24)25-12-9-15-32-29(25)22-37-31-13-7-8-14-33(31)40-32/h5-22H,1-4H3. The summed E-state index contributed by atoms with van der Waals surface area (Å²) in [5.74, 6) is 0. The average Bonchev–Trinajstić information content (AvgIpc) is 3.08. The zero-order valence-corrected chi connectivity index (χ0v) is 24.0. The molecule has 0 aromatic heterocycles. The van der Waals surface area contributed by atoms with Crippen LogP contribution in [0.5, 0.6) is 0 Å². The number of hydrogen-bond acceptors (Lipinski definition) is 4. The molecule has 7 rings (SSSR count). The molecule has 0 saturated carbocycles. The molecule has 2 aliphatic heterocycles. The molecule has 0 bridgehead atoms. The topological polar surface area (TPSA) is 30.8 Å². The minimum Gasteiger partial charge on any atom is -0.399 e. The first-order chi connectivity index (χ1) is 19.3. The van der Waals surface area contributed by atoms with Gasteiger partial charge in [-0.1, -0.05) is 96.7 Å². The Hall–Kier alpha value is -3.64. The van der Waals surface area contributed by atoms with Gasteiger partial charge in [-0.25, -0.2) is 0 Å². The Balaban J connectivity index is 1.25. The van der Waals surface area contributed by atoms with Gasteiger partial charge in [-0.2, -0.15) is 0 Å². The van der Waals surface area contributed by atoms with Crippen LogP contribution >= 0.6 is 11.8 Å². The third-order valence-corrected chi connectivity index (χ3v) is 9.60. The lowest BCUT2D eigenvalue weighted by Gasteiger charge is -2.32. The van der Waals surface area contributed by atoms with E-state index in [1.165, 1.54) is 37.4 Å². The fourth-order valence-corrected chi connectivity index (χ4v) is 6.53. The summed E-state index contributed by atoms with van der Waals surface area (Å²) in [6, 6.07) is 36.6. The second-order valence-electron chi connectivity index (χ2n) is 11.5. The lowest BCUT2D eigenvalue weighted by molar-refractivity contribution is 0.00578. The highest BCUT2D eigenvalue weighted by Gasteiger charge is 2.52. The molecule has 0 unspecified atom stereocenters. The van der Waals surface area contributed by atoms with E-state index < -0.39 is 7.12 Å². The summed E-state index contributed by atoms with van der Waals surface area (Å²) < 4.78 is 12.8. The molecule has 1 fully saturated rings. The van der Waals surface area contributed by atoms with Gasteiger partial charge >= 0.3 is 7.12 Å². The van der Waals surface area contributed by atoms with Crippen molar-refractivity contribution in [3.05, 3.63) is 109 Å². The van der Waals surface area contributed by atoms with Crippen molar-refractivity contribution in [3.63, 3.8) is 0 Å². The Labute approximate surface area is 240 Å².